The molecule has 45 valence electrons. The predicted octanol–water partition coefficient (Wildman–Crippen LogP) is 1.75. The van der Waals surface area contributed by atoms with E-state index < -0.39 is 0 Å². The molecular formula is C7H8Rh. The van der Waals surface area contributed by atoms with Crippen molar-refractivity contribution in [3.63, 3.8) is 0 Å². The van der Waals surface area contributed by atoms with Gasteiger partial charge >= 0.3 is 0 Å². The van der Waals surface area contributed by atoms with Gasteiger partial charge in [-0.1, -0.05) is 24.3 Å². The Kier molecular flexibility index (Phi) is 1.67. The Labute approximate surface area is 62.4 Å². The van der Waals surface area contributed by atoms with Gasteiger partial charge in [0, 0.05) is 19.5 Å². The van der Waals surface area contributed by atoms with Crippen molar-refractivity contribution in [2.45, 2.75) is 6.42 Å². The topological polar surface area (TPSA) is 0 Å². The second kappa shape index (κ2) is 2.15. The molecule has 0 saturated carbocycles. The van der Waals surface area contributed by atoms with E-state index in [1.807, 2.05) is 0 Å². The van der Waals surface area contributed by atoms with Crippen LogP contribution in [0.5, 0.6) is 0 Å². The van der Waals surface area contributed by atoms with Crippen molar-refractivity contribution in [3.8, 4) is 0 Å². The molecule has 0 aliphatic heterocycles. The molecule has 8 heavy (non-hydrogen) atoms. The van der Waals surface area contributed by atoms with Crippen molar-refractivity contribution in [2.75, 3.05) is 0 Å². The van der Waals surface area contributed by atoms with Crippen LogP contribution in [0.1, 0.15) is 6.42 Å². The molecule has 2 aliphatic carbocycles. The van der Waals surface area contributed by atoms with E-state index in [0.717, 1.165) is 11.8 Å². The zero-order valence-electron chi connectivity index (χ0n) is 4.50. The van der Waals surface area contributed by atoms with Crippen LogP contribution in [0.2, 0.25) is 0 Å². The van der Waals surface area contributed by atoms with Crippen LogP contribution in [0.4, 0.5) is 0 Å². The van der Waals surface area contributed by atoms with Gasteiger partial charge in [0.05, 0.1) is 0 Å². The summed E-state index contributed by atoms with van der Waals surface area (Å²) in [5.41, 5.74) is 0. The van der Waals surface area contributed by atoms with E-state index in [1.165, 1.54) is 6.42 Å². The molecule has 1 heteroatoms. The van der Waals surface area contributed by atoms with E-state index in [1.54, 1.807) is 0 Å². The van der Waals surface area contributed by atoms with E-state index in [-0.39, 0.29) is 19.5 Å². The van der Waals surface area contributed by atoms with E-state index >= 15 is 0 Å². The maximum Gasteiger partial charge on any atom is 0 e. The van der Waals surface area contributed by atoms with Crippen LogP contribution in [0.3, 0.4) is 0 Å². The maximum absolute atomic E-state index is 2.30. The molecule has 0 heterocycles. The van der Waals surface area contributed by atoms with Crippen molar-refractivity contribution in [1.29, 1.82) is 0 Å². The van der Waals surface area contributed by atoms with Gasteiger partial charge < -0.3 is 0 Å². The van der Waals surface area contributed by atoms with Crippen molar-refractivity contribution in [2.24, 2.45) is 11.8 Å². The molecule has 1 radical (unpaired) electrons. The summed E-state index contributed by atoms with van der Waals surface area (Å²) in [4.78, 5) is 0. The molecule has 2 rings (SSSR count). The first-order valence-electron chi connectivity index (χ1n) is 2.82. The zero-order valence-corrected chi connectivity index (χ0v) is 6.14. The molecule has 0 unspecified atom stereocenters. The molecule has 0 spiro atoms. The minimum atomic E-state index is 0. The van der Waals surface area contributed by atoms with Crippen LogP contribution >= 0.6 is 0 Å². The smallest absolute Gasteiger partial charge is 0 e. The number of rotatable bonds is 0. The second-order valence-corrected chi connectivity index (χ2v) is 2.33. The van der Waals surface area contributed by atoms with Crippen LogP contribution in [0.15, 0.2) is 24.3 Å². The van der Waals surface area contributed by atoms with Gasteiger partial charge in [-0.3, -0.25) is 0 Å². The summed E-state index contributed by atoms with van der Waals surface area (Å²) >= 11 is 0. The van der Waals surface area contributed by atoms with Gasteiger partial charge in [-0.05, 0) is 18.3 Å². The van der Waals surface area contributed by atoms with Gasteiger partial charge in [-0.15, -0.1) is 0 Å². The van der Waals surface area contributed by atoms with Gasteiger partial charge in [0.15, 0.2) is 0 Å². The van der Waals surface area contributed by atoms with E-state index in [2.05, 4.69) is 24.3 Å². The summed E-state index contributed by atoms with van der Waals surface area (Å²) in [6.45, 7) is 0. The second-order valence-electron chi connectivity index (χ2n) is 2.33. The average Bonchev–Trinajstić information content (AvgIpc) is 2.22. The maximum atomic E-state index is 2.30. The van der Waals surface area contributed by atoms with Crippen molar-refractivity contribution < 1.29 is 19.5 Å². The third-order valence-electron chi connectivity index (χ3n) is 1.76. The standard InChI is InChI=1S/C7H8.Rh/c1-2-7-4-3-6(1)5-7;/h1-4,6-7H,5H2;. The monoisotopic (exact) mass is 195 g/mol. The first-order valence-corrected chi connectivity index (χ1v) is 2.82. The van der Waals surface area contributed by atoms with E-state index in [9.17, 15) is 0 Å². The van der Waals surface area contributed by atoms with Gasteiger partial charge in [-0.2, -0.15) is 0 Å². The van der Waals surface area contributed by atoms with Gasteiger partial charge in [0.1, 0.15) is 0 Å². The Morgan fingerprint density at radius 2 is 1.25 bits per heavy atom. The summed E-state index contributed by atoms with van der Waals surface area (Å²) in [6.07, 6.45) is 10.5. The molecular weight excluding hydrogens is 187 g/mol. The fourth-order valence-electron chi connectivity index (χ4n) is 1.33. The third-order valence-corrected chi connectivity index (χ3v) is 1.76. The molecule has 0 nitrogen and oxygen atoms in total. The molecule has 0 atom stereocenters. The Morgan fingerprint density at radius 1 is 0.875 bits per heavy atom. The van der Waals surface area contributed by atoms with Crippen molar-refractivity contribution >= 4 is 0 Å². The van der Waals surface area contributed by atoms with Crippen molar-refractivity contribution in [1.82, 2.24) is 0 Å². The van der Waals surface area contributed by atoms with Crippen molar-refractivity contribution in [3.05, 3.63) is 24.3 Å². The number of hydrogen-bond donors (Lipinski definition) is 0. The fraction of sp³-hybridized carbons (Fsp3) is 0.429. The molecule has 0 aromatic rings. The molecule has 2 aliphatic rings. The average molecular weight is 195 g/mol. The predicted molar refractivity (Wildman–Crippen MR) is 29.9 cm³/mol. The summed E-state index contributed by atoms with van der Waals surface area (Å²) in [6, 6.07) is 0. The zero-order chi connectivity index (χ0) is 4.69. The molecule has 0 N–H and O–H groups in total. The van der Waals surface area contributed by atoms with Gasteiger partial charge in [0.2, 0.25) is 0 Å². The Bertz CT molecular complexity index is 107. The number of hydrogen-bond acceptors (Lipinski definition) is 0. The first-order chi connectivity index (χ1) is 3.45. The Hall–Kier alpha value is 0.103. The van der Waals surface area contributed by atoms with Crippen LogP contribution < -0.4 is 0 Å². The van der Waals surface area contributed by atoms with Crippen LogP contribution in [-0.4, -0.2) is 0 Å². The van der Waals surface area contributed by atoms with Gasteiger partial charge in [-0.25, -0.2) is 0 Å². The largest absolute Gasteiger partial charge is 0.0810 e. The summed E-state index contributed by atoms with van der Waals surface area (Å²) in [5.74, 6) is 1.62. The van der Waals surface area contributed by atoms with E-state index in [4.69, 9.17) is 0 Å². The summed E-state index contributed by atoms with van der Waals surface area (Å²) < 4.78 is 0. The summed E-state index contributed by atoms with van der Waals surface area (Å²) in [5, 5.41) is 0. The third kappa shape index (κ3) is 0.799. The minimum absolute atomic E-state index is 0. The fourth-order valence-corrected chi connectivity index (χ4v) is 1.33. The molecule has 2 bridgehead atoms. The van der Waals surface area contributed by atoms with Gasteiger partial charge in [0.25, 0.3) is 0 Å². The normalized spacial score (nSPS) is 38.0. The molecule has 0 aromatic heterocycles. The van der Waals surface area contributed by atoms with Crippen LogP contribution in [0.25, 0.3) is 0 Å². The molecule has 0 saturated heterocycles. The first kappa shape index (κ1) is 6.23. The Morgan fingerprint density at radius 3 is 1.38 bits per heavy atom. The van der Waals surface area contributed by atoms with Crippen LogP contribution in [-0.2, 0) is 19.5 Å². The summed E-state index contributed by atoms with van der Waals surface area (Å²) in [7, 11) is 0. The number of allylic oxidation sites excluding steroid dienone is 4. The molecule has 0 amide bonds. The Balaban J connectivity index is 0.000000320. The molecule has 0 aromatic carbocycles. The molecule has 0 fully saturated rings. The minimum Gasteiger partial charge on any atom is -0.0810 e. The number of fused-ring (bicyclic) bond motifs is 2. The quantitative estimate of drug-likeness (QED) is 0.408. The van der Waals surface area contributed by atoms with Crippen LogP contribution in [0, 0.1) is 11.8 Å². The van der Waals surface area contributed by atoms with E-state index in [0.29, 0.717) is 0 Å². The SMILES string of the molecule is C1=CC2C=CC1C2.[Rh].